The Morgan fingerprint density at radius 2 is 2.14 bits per heavy atom. The number of nitrogens with two attached hydrogens (primary N) is 1. The van der Waals surface area contributed by atoms with Crippen molar-refractivity contribution in [1.29, 1.82) is 0 Å². The number of hydrogen-bond donors (Lipinski definition) is 1. The Morgan fingerprint density at radius 3 is 2.14 bits per heavy atom. The molecule has 44 valence electrons. The Balaban J connectivity index is 0.000000360. The fraction of sp³-hybridized carbons (Fsp3) is 1.00. The van der Waals surface area contributed by atoms with E-state index < -0.39 is 0 Å². The molecule has 1 nitrogen and oxygen atoms in total. The molecule has 0 saturated heterocycles. The van der Waals surface area contributed by atoms with Gasteiger partial charge in [0.15, 0.2) is 0 Å². The lowest BCUT2D eigenvalue weighted by Crippen LogP contribution is -2.01. The molecule has 2 atom stereocenters. The van der Waals surface area contributed by atoms with E-state index in [2.05, 4.69) is 15.9 Å². The average molecular weight is 186 g/mol. The first-order chi connectivity index (χ1) is 2.84. The Bertz CT molecular complexity index is 57.7. The first kappa shape index (κ1) is 7.73. The topological polar surface area (TPSA) is 26.0 Å². The van der Waals surface area contributed by atoms with Gasteiger partial charge in [0, 0.05) is 4.83 Å². The highest BCUT2D eigenvalue weighted by Crippen LogP contribution is 2.36. The van der Waals surface area contributed by atoms with E-state index >= 15 is 0 Å². The standard InChI is InChI=1S/C4H8BrN.ClH/c5-4-1-3(4)2-6;/h3-4H,1-2,6H2;1H/t3-,4-;/m1./s1. The van der Waals surface area contributed by atoms with E-state index in [-0.39, 0.29) is 12.4 Å². The van der Waals surface area contributed by atoms with Crippen molar-refractivity contribution in [1.82, 2.24) is 0 Å². The van der Waals surface area contributed by atoms with Crippen LogP contribution in [0.3, 0.4) is 0 Å². The minimum absolute atomic E-state index is 0. The summed E-state index contributed by atoms with van der Waals surface area (Å²) in [6.07, 6.45) is 1.29. The molecule has 0 aliphatic heterocycles. The molecule has 1 aliphatic carbocycles. The van der Waals surface area contributed by atoms with Crippen LogP contribution in [0.5, 0.6) is 0 Å². The second-order valence-electron chi connectivity index (χ2n) is 1.75. The number of halogens is 2. The van der Waals surface area contributed by atoms with Crippen LogP contribution in [0, 0.1) is 5.92 Å². The lowest BCUT2D eigenvalue weighted by atomic mass is 10.4. The van der Waals surface area contributed by atoms with E-state index in [9.17, 15) is 0 Å². The molecule has 0 aromatic rings. The summed E-state index contributed by atoms with van der Waals surface area (Å²) in [4.78, 5) is 0.752. The third kappa shape index (κ3) is 1.98. The summed E-state index contributed by atoms with van der Waals surface area (Å²) in [6, 6.07) is 0. The molecule has 1 aliphatic rings. The average Bonchev–Trinajstić information content (AvgIpc) is 2.19. The highest BCUT2D eigenvalue weighted by Gasteiger charge is 2.32. The molecule has 7 heavy (non-hydrogen) atoms. The van der Waals surface area contributed by atoms with Crippen molar-refractivity contribution in [2.24, 2.45) is 11.7 Å². The van der Waals surface area contributed by atoms with Crippen LogP contribution >= 0.6 is 28.3 Å². The molecule has 0 aromatic carbocycles. The highest BCUT2D eigenvalue weighted by atomic mass is 79.9. The Labute approximate surface area is 58.2 Å². The largest absolute Gasteiger partial charge is 0.330 e. The maximum absolute atomic E-state index is 5.29. The molecule has 1 saturated carbocycles. The minimum atomic E-state index is 0. The molecule has 1 fully saturated rings. The smallest absolute Gasteiger partial charge is 0.0190 e. The zero-order valence-corrected chi connectivity index (χ0v) is 6.33. The van der Waals surface area contributed by atoms with Crippen LogP contribution < -0.4 is 5.73 Å². The Morgan fingerprint density at radius 1 is 1.71 bits per heavy atom. The summed E-state index contributed by atoms with van der Waals surface area (Å²) >= 11 is 3.43. The van der Waals surface area contributed by atoms with Crippen molar-refractivity contribution < 1.29 is 0 Å². The fourth-order valence-corrected chi connectivity index (χ4v) is 1.15. The van der Waals surface area contributed by atoms with E-state index in [4.69, 9.17) is 5.73 Å². The third-order valence-corrected chi connectivity index (χ3v) is 2.26. The predicted octanol–water partition coefficient (Wildman–Crippen LogP) is 1.15. The molecule has 0 spiro atoms. The van der Waals surface area contributed by atoms with Crippen LogP contribution in [0.25, 0.3) is 0 Å². The Hall–Kier alpha value is 0.730. The molecule has 0 amide bonds. The zero-order chi connectivity index (χ0) is 4.57. The minimum Gasteiger partial charge on any atom is -0.330 e. The molecule has 2 N–H and O–H groups in total. The van der Waals surface area contributed by atoms with Crippen molar-refractivity contribution >= 4 is 28.3 Å². The van der Waals surface area contributed by atoms with Gasteiger partial charge in [0.25, 0.3) is 0 Å². The van der Waals surface area contributed by atoms with Gasteiger partial charge < -0.3 is 5.73 Å². The van der Waals surface area contributed by atoms with Gasteiger partial charge in [-0.2, -0.15) is 0 Å². The molecule has 1 rings (SSSR count). The molecule has 0 bridgehead atoms. The highest BCUT2D eigenvalue weighted by molar-refractivity contribution is 9.09. The van der Waals surface area contributed by atoms with Crippen LogP contribution in [0.2, 0.25) is 0 Å². The monoisotopic (exact) mass is 185 g/mol. The SMILES string of the molecule is Cl.NC[C@H]1C[C@H]1Br. The van der Waals surface area contributed by atoms with Crippen LogP contribution in [-0.4, -0.2) is 11.4 Å². The summed E-state index contributed by atoms with van der Waals surface area (Å²) in [5.74, 6) is 0.796. The number of alkyl halides is 1. The maximum atomic E-state index is 5.29. The van der Waals surface area contributed by atoms with Crippen molar-refractivity contribution in [3.05, 3.63) is 0 Å². The van der Waals surface area contributed by atoms with Gasteiger partial charge in [-0.25, -0.2) is 0 Å². The first-order valence-corrected chi connectivity index (χ1v) is 3.10. The third-order valence-electron chi connectivity index (χ3n) is 1.14. The lowest BCUT2D eigenvalue weighted by molar-refractivity contribution is 0.853. The van der Waals surface area contributed by atoms with Crippen LogP contribution in [-0.2, 0) is 0 Å². The maximum Gasteiger partial charge on any atom is 0.0190 e. The molecule has 3 heteroatoms. The van der Waals surface area contributed by atoms with Gasteiger partial charge in [0.05, 0.1) is 0 Å². The molecule has 0 heterocycles. The second kappa shape index (κ2) is 2.90. The van der Waals surface area contributed by atoms with E-state index in [0.29, 0.717) is 0 Å². The summed E-state index contributed by atoms with van der Waals surface area (Å²) in [6.45, 7) is 0.857. The van der Waals surface area contributed by atoms with Gasteiger partial charge in [0.1, 0.15) is 0 Å². The summed E-state index contributed by atoms with van der Waals surface area (Å²) < 4.78 is 0. The van der Waals surface area contributed by atoms with Gasteiger partial charge in [-0.1, -0.05) is 15.9 Å². The normalized spacial score (nSPS) is 36.9. The van der Waals surface area contributed by atoms with Gasteiger partial charge in [-0.15, -0.1) is 12.4 Å². The van der Waals surface area contributed by atoms with Crippen LogP contribution in [0.1, 0.15) is 6.42 Å². The predicted molar refractivity (Wildman–Crippen MR) is 37.1 cm³/mol. The molecular weight excluding hydrogens is 177 g/mol. The van der Waals surface area contributed by atoms with Crippen molar-refractivity contribution in [2.45, 2.75) is 11.2 Å². The zero-order valence-electron chi connectivity index (χ0n) is 3.93. The number of hydrogen-bond acceptors (Lipinski definition) is 1. The van der Waals surface area contributed by atoms with Gasteiger partial charge in [-0.05, 0) is 18.9 Å². The number of rotatable bonds is 1. The molecule has 0 radical (unpaired) electrons. The first-order valence-electron chi connectivity index (χ1n) is 2.18. The molecule has 0 unspecified atom stereocenters. The summed E-state index contributed by atoms with van der Waals surface area (Å²) in [5, 5.41) is 0. The molecular formula is C4H9BrClN. The van der Waals surface area contributed by atoms with E-state index in [1.807, 2.05) is 0 Å². The lowest BCUT2D eigenvalue weighted by Gasteiger charge is -1.78. The van der Waals surface area contributed by atoms with Crippen LogP contribution in [0.4, 0.5) is 0 Å². The second-order valence-corrected chi connectivity index (χ2v) is 2.92. The summed E-state index contributed by atoms with van der Waals surface area (Å²) in [5.41, 5.74) is 5.29. The van der Waals surface area contributed by atoms with Gasteiger partial charge in [-0.3, -0.25) is 0 Å². The molecule has 0 aromatic heterocycles. The van der Waals surface area contributed by atoms with Crippen molar-refractivity contribution in [2.75, 3.05) is 6.54 Å². The van der Waals surface area contributed by atoms with E-state index in [1.165, 1.54) is 6.42 Å². The van der Waals surface area contributed by atoms with Crippen molar-refractivity contribution in [3.8, 4) is 0 Å². The fourth-order valence-electron chi connectivity index (χ4n) is 0.455. The Kier molecular flexibility index (Phi) is 3.20. The quantitative estimate of drug-likeness (QED) is 0.611. The van der Waals surface area contributed by atoms with E-state index in [0.717, 1.165) is 17.3 Å². The summed E-state index contributed by atoms with van der Waals surface area (Å²) in [7, 11) is 0. The van der Waals surface area contributed by atoms with Gasteiger partial charge in [0.2, 0.25) is 0 Å². The van der Waals surface area contributed by atoms with E-state index in [1.54, 1.807) is 0 Å². The van der Waals surface area contributed by atoms with Crippen molar-refractivity contribution in [3.63, 3.8) is 0 Å². The van der Waals surface area contributed by atoms with Crippen LogP contribution in [0.15, 0.2) is 0 Å². The van der Waals surface area contributed by atoms with Gasteiger partial charge >= 0.3 is 0 Å².